The Morgan fingerprint density at radius 2 is 2.00 bits per heavy atom. The molecule has 0 radical (unpaired) electrons. The first kappa shape index (κ1) is 19.1. The van der Waals surface area contributed by atoms with Crippen molar-refractivity contribution in [2.45, 2.75) is 70.9 Å². The Kier molecular flexibility index (Phi) is 5.03. The van der Waals surface area contributed by atoms with E-state index in [2.05, 4.69) is 26.1 Å². The van der Waals surface area contributed by atoms with Crippen LogP contribution in [-0.4, -0.2) is 58.9 Å². The van der Waals surface area contributed by atoms with Crippen LogP contribution in [0, 0.1) is 11.3 Å². The summed E-state index contributed by atoms with van der Waals surface area (Å²) in [7, 11) is 0. The van der Waals surface area contributed by atoms with Gasteiger partial charge in [-0.05, 0) is 49.9 Å². The van der Waals surface area contributed by atoms with Crippen LogP contribution in [0.4, 0.5) is 4.79 Å². The average molecular weight is 364 g/mol. The summed E-state index contributed by atoms with van der Waals surface area (Å²) in [5.74, 6) is -0.0667. The largest absolute Gasteiger partial charge is 0.337 e. The first-order valence-corrected chi connectivity index (χ1v) is 9.81. The van der Waals surface area contributed by atoms with E-state index < -0.39 is 11.6 Å². The first-order valence-electron chi connectivity index (χ1n) is 9.81. The summed E-state index contributed by atoms with van der Waals surface area (Å²) in [5, 5.41) is 2.93. The molecule has 0 bridgehead atoms. The Morgan fingerprint density at radius 1 is 1.27 bits per heavy atom. The van der Waals surface area contributed by atoms with Crippen LogP contribution in [0.25, 0.3) is 0 Å². The summed E-state index contributed by atoms with van der Waals surface area (Å²) in [6.45, 7) is 7.28. The van der Waals surface area contributed by atoms with E-state index in [1.807, 2.05) is 0 Å². The lowest BCUT2D eigenvalue weighted by Crippen LogP contribution is -2.55. The van der Waals surface area contributed by atoms with Crippen molar-refractivity contribution in [2.75, 3.05) is 19.6 Å². The van der Waals surface area contributed by atoms with Gasteiger partial charge in [-0.25, -0.2) is 4.79 Å². The highest BCUT2D eigenvalue weighted by molar-refractivity contribution is 6.09. The molecule has 1 spiro atoms. The molecule has 0 aromatic rings. The van der Waals surface area contributed by atoms with Gasteiger partial charge in [0.25, 0.3) is 5.91 Å². The number of amides is 4. The molecule has 1 saturated carbocycles. The standard InChI is InChI=1S/C19H32N4O3/c1-13-8-18(2,3)12-19(9-13)16(25)23(17(26)21-19)11-15(24)22-7-5-4-6-14(22)10-20/h13-14H,4-12,20H2,1-3H3,(H,21,26). The molecule has 26 heavy (non-hydrogen) atoms. The summed E-state index contributed by atoms with van der Waals surface area (Å²) in [6.07, 6.45) is 5.18. The molecule has 0 aromatic carbocycles. The van der Waals surface area contributed by atoms with Crippen LogP contribution in [0.1, 0.15) is 59.3 Å². The molecule has 2 aliphatic heterocycles. The van der Waals surface area contributed by atoms with E-state index >= 15 is 0 Å². The van der Waals surface area contributed by atoms with Gasteiger partial charge in [0.2, 0.25) is 5.91 Å². The zero-order chi connectivity index (χ0) is 19.1. The number of nitrogens with zero attached hydrogens (tertiary/aromatic N) is 2. The molecule has 2 heterocycles. The Morgan fingerprint density at radius 3 is 2.65 bits per heavy atom. The number of imide groups is 1. The van der Waals surface area contributed by atoms with Crippen molar-refractivity contribution >= 4 is 17.8 Å². The predicted octanol–water partition coefficient (Wildman–Crippen LogP) is 1.46. The van der Waals surface area contributed by atoms with Crippen LogP contribution < -0.4 is 11.1 Å². The fraction of sp³-hybridized carbons (Fsp3) is 0.842. The van der Waals surface area contributed by atoms with E-state index in [1.165, 1.54) is 0 Å². The van der Waals surface area contributed by atoms with Crippen molar-refractivity contribution < 1.29 is 14.4 Å². The van der Waals surface area contributed by atoms with Gasteiger partial charge in [0, 0.05) is 19.1 Å². The Bertz CT molecular complexity index is 606. The van der Waals surface area contributed by atoms with Gasteiger partial charge in [-0.2, -0.15) is 0 Å². The monoisotopic (exact) mass is 364 g/mol. The summed E-state index contributed by atoms with van der Waals surface area (Å²) >= 11 is 0. The predicted molar refractivity (Wildman–Crippen MR) is 98.2 cm³/mol. The van der Waals surface area contributed by atoms with Gasteiger partial charge in [-0.15, -0.1) is 0 Å². The molecule has 7 nitrogen and oxygen atoms in total. The van der Waals surface area contributed by atoms with Crippen molar-refractivity contribution in [1.29, 1.82) is 0 Å². The summed E-state index contributed by atoms with van der Waals surface area (Å²) in [5.41, 5.74) is 4.93. The number of hydrogen-bond donors (Lipinski definition) is 2. The van der Waals surface area contributed by atoms with Crippen molar-refractivity contribution in [3.63, 3.8) is 0 Å². The van der Waals surface area contributed by atoms with Gasteiger partial charge < -0.3 is 16.0 Å². The van der Waals surface area contributed by atoms with E-state index in [4.69, 9.17) is 5.73 Å². The van der Waals surface area contributed by atoms with Crippen molar-refractivity contribution in [3.05, 3.63) is 0 Å². The lowest BCUT2D eigenvalue weighted by atomic mass is 9.64. The molecule has 3 N–H and O–H groups in total. The van der Waals surface area contributed by atoms with Crippen molar-refractivity contribution in [1.82, 2.24) is 15.1 Å². The SMILES string of the molecule is CC1CC(C)(C)CC2(C1)NC(=O)N(CC(=O)N1CCCCC1CN)C2=O. The third-order valence-corrected chi connectivity index (χ3v) is 6.14. The molecule has 3 aliphatic rings. The number of nitrogens with one attached hydrogen (secondary N) is 1. The highest BCUT2D eigenvalue weighted by Crippen LogP contribution is 2.46. The second kappa shape index (κ2) is 6.83. The lowest BCUT2D eigenvalue weighted by molar-refractivity contribution is -0.142. The van der Waals surface area contributed by atoms with Crippen LogP contribution in [0.5, 0.6) is 0 Å². The Balaban J connectivity index is 1.74. The maximum Gasteiger partial charge on any atom is 0.325 e. The van der Waals surface area contributed by atoms with Gasteiger partial charge in [0.05, 0.1) is 0 Å². The third-order valence-electron chi connectivity index (χ3n) is 6.14. The van der Waals surface area contributed by atoms with Crippen molar-refractivity contribution in [2.24, 2.45) is 17.1 Å². The third kappa shape index (κ3) is 3.46. The second-order valence-corrected chi connectivity index (χ2v) is 9.23. The molecule has 0 aromatic heterocycles. The number of nitrogens with two attached hydrogens (primary N) is 1. The second-order valence-electron chi connectivity index (χ2n) is 9.23. The van der Waals surface area contributed by atoms with Crippen molar-refractivity contribution in [3.8, 4) is 0 Å². The summed E-state index contributed by atoms with van der Waals surface area (Å²) in [6, 6.07) is -0.422. The molecule has 4 amide bonds. The Labute approximate surface area is 155 Å². The number of likely N-dealkylation sites (tertiary alicyclic amines) is 1. The number of piperidine rings is 1. The molecule has 7 heteroatoms. The van der Waals surface area contributed by atoms with Gasteiger partial charge in [0.1, 0.15) is 12.1 Å². The fourth-order valence-electron chi connectivity index (χ4n) is 5.45. The minimum Gasteiger partial charge on any atom is -0.337 e. The van der Waals surface area contributed by atoms with Crippen LogP contribution in [0.2, 0.25) is 0 Å². The molecule has 146 valence electrons. The topological polar surface area (TPSA) is 95.7 Å². The minimum absolute atomic E-state index is 0.0135. The number of urea groups is 1. The fourth-order valence-corrected chi connectivity index (χ4v) is 5.45. The van der Waals surface area contributed by atoms with E-state index in [0.717, 1.165) is 30.6 Å². The summed E-state index contributed by atoms with van der Waals surface area (Å²) < 4.78 is 0. The zero-order valence-corrected chi connectivity index (χ0v) is 16.2. The van der Waals surface area contributed by atoms with Crippen LogP contribution in [0.15, 0.2) is 0 Å². The molecular weight excluding hydrogens is 332 g/mol. The van der Waals surface area contributed by atoms with E-state index in [9.17, 15) is 14.4 Å². The molecule has 3 atom stereocenters. The van der Waals surface area contributed by atoms with E-state index in [-0.39, 0.29) is 29.8 Å². The highest BCUT2D eigenvalue weighted by Gasteiger charge is 2.56. The van der Waals surface area contributed by atoms with Crippen LogP contribution >= 0.6 is 0 Å². The maximum atomic E-state index is 13.1. The number of rotatable bonds is 3. The normalized spacial score (nSPS) is 34.3. The van der Waals surface area contributed by atoms with Crippen LogP contribution in [0.3, 0.4) is 0 Å². The highest BCUT2D eigenvalue weighted by atomic mass is 16.2. The van der Waals surface area contributed by atoms with E-state index in [1.54, 1.807) is 4.90 Å². The molecular formula is C19H32N4O3. The Hall–Kier alpha value is -1.63. The molecule has 3 rings (SSSR count). The van der Waals surface area contributed by atoms with Gasteiger partial charge >= 0.3 is 6.03 Å². The maximum absolute atomic E-state index is 13.1. The van der Waals surface area contributed by atoms with Gasteiger partial charge in [-0.1, -0.05) is 20.8 Å². The summed E-state index contributed by atoms with van der Waals surface area (Å²) in [4.78, 5) is 41.3. The zero-order valence-electron chi connectivity index (χ0n) is 16.2. The smallest absolute Gasteiger partial charge is 0.325 e. The quantitative estimate of drug-likeness (QED) is 0.741. The van der Waals surface area contributed by atoms with Gasteiger partial charge in [-0.3, -0.25) is 14.5 Å². The molecule has 3 unspecified atom stereocenters. The number of hydrogen-bond acceptors (Lipinski definition) is 4. The molecule has 2 saturated heterocycles. The number of carbonyl (C=O) groups excluding carboxylic acids is 3. The minimum atomic E-state index is -0.853. The van der Waals surface area contributed by atoms with E-state index in [0.29, 0.717) is 31.8 Å². The first-order chi connectivity index (χ1) is 12.2. The van der Waals surface area contributed by atoms with Crippen LogP contribution in [-0.2, 0) is 9.59 Å². The van der Waals surface area contributed by atoms with Gasteiger partial charge in [0.15, 0.2) is 0 Å². The molecule has 3 fully saturated rings. The average Bonchev–Trinajstić information content (AvgIpc) is 2.76. The lowest BCUT2D eigenvalue weighted by Gasteiger charge is -2.43. The molecule has 1 aliphatic carbocycles. The number of carbonyl (C=O) groups is 3.